The second-order valence-corrected chi connectivity index (χ2v) is 8.55. The number of nitrogens with one attached hydrogen (secondary N) is 1. The Bertz CT molecular complexity index is 943. The Morgan fingerprint density at radius 2 is 1.55 bits per heavy atom. The standard InChI is InChI=1S/C20H27N3O5S/c1-22(2)16-8-6-15(7-9-16)13-21-20(24)14-23(29(5,25)26)17-10-11-18(27-3)19(12-17)28-4/h6-12H,13-14H2,1-5H3,(H,21,24). The van der Waals surface area contributed by atoms with Gasteiger partial charge in [-0.3, -0.25) is 9.10 Å². The third-order valence-corrected chi connectivity index (χ3v) is 5.43. The van der Waals surface area contributed by atoms with Crippen LogP contribution < -0.4 is 24.0 Å². The highest BCUT2D eigenvalue weighted by atomic mass is 32.2. The second kappa shape index (κ2) is 9.51. The van der Waals surface area contributed by atoms with E-state index >= 15 is 0 Å². The Morgan fingerprint density at radius 1 is 0.966 bits per heavy atom. The van der Waals surface area contributed by atoms with Gasteiger partial charge in [0.2, 0.25) is 15.9 Å². The number of carbonyl (C=O) groups is 1. The lowest BCUT2D eigenvalue weighted by Gasteiger charge is -2.23. The fraction of sp³-hybridized carbons (Fsp3) is 0.350. The molecule has 8 nitrogen and oxygen atoms in total. The van der Waals surface area contributed by atoms with E-state index in [0.29, 0.717) is 23.7 Å². The molecular formula is C20H27N3O5S. The lowest BCUT2D eigenvalue weighted by atomic mass is 10.2. The minimum Gasteiger partial charge on any atom is -0.493 e. The highest BCUT2D eigenvalue weighted by Crippen LogP contribution is 2.32. The number of sulfonamides is 1. The summed E-state index contributed by atoms with van der Waals surface area (Å²) in [5.74, 6) is 0.428. The Kier molecular flexibility index (Phi) is 7.33. The number of carbonyl (C=O) groups excluding carboxylic acids is 1. The SMILES string of the molecule is COc1ccc(N(CC(=O)NCc2ccc(N(C)C)cc2)S(C)(=O)=O)cc1OC. The first kappa shape index (κ1) is 22.4. The van der Waals surface area contributed by atoms with Crippen molar-refractivity contribution in [3.05, 3.63) is 48.0 Å². The van der Waals surface area contributed by atoms with Gasteiger partial charge in [-0.05, 0) is 29.8 Å². The quantitative estimate of drug-likeness (QED) is 0.665. The maximum atomic E-state index is 12.4. The van der Waals surface area contributed by atoms with Gasteiger partial charge in [-0.1, -0.05) is 12.1 Å². The Morgan fingerprint density at radius 3 is 2.07 bits per heavy atom. The molecular weight excluding hydrogens is 394 g/mol. The average Bonchev–Trinajstić information content (AvgIpc) is 2.69. The van der Waals surface area contributed by atoms with Crippen LogP contribution in [0.15, 0.2) is 42.5 Å². The summed E-state index contributed by atoms with van der Waals surface area (Å²) in [5.41, 5.74) is 2.29. The summed E-state index contributed by atoms with van der Waals surface area (Å²) >= 11 is 0. The van der Waals surface area contributed by atoms with Gasteiger partial charge in [0.15, 0.2) is 11.5 Å². The van der Waals surface area contributed by atoms with Gasteiger partial charge in [-0.2, -0.15) is 0 Å². The topological polar surface area (TPSA) is 88.2 Å². The summed E-state index contributed by atoms with van der Waals surface area (Å²) in [4.78, 5) is 14.4. The van der Waals surface area contributed by atoms with Gasteiger partial charge in [0, 0.05) is 32.4 Å². The first-order chi connectivity index (χ1) is 13.7. The number of hydrogen-bond donors (Lipinski definition) is 1. The fourth-order valence-electron chi connectivity index (χ4n) is 2.68. The molecule has 0 spiro atoms. The van der Waals surface area contributed by atoms with Crippen LogP contribution >= 0.6 is 0 Å². The summed E-state index contributed by atoms with van der Waals surface area (Å²) in [6.07, 6.45) is 1.05. The van der Waals surface area contributed by atoms with E-state index in [4.69, 9.17) is 9.47 Å². The van der Waals surface area contributed by atoms with E-state index in [0.717, 1.165) is 21.8 Å². The molecule has 0 atom stereocenters. The van der Waals surface area contributed by atoms with Gasteiger partial charge in [-0.15, -0.1) is 0 Å². The zero-order chi connectivity index (χ0) is 21.6. The van der Waals surface area contributed by atoms with Crippen LogP contribution in [0.4, 0.5) is 11.4 Å². The molecule has 0 bridgehead atoms. The van der Waals surface area contributed by atoms with E-state index in [1.54, 1.807) is 12.1 Å². The molecule has 0 radical (unpaired) electrons. The van der Waals surface area contributed by atoms with E-state index < -0.39 is 15.9 Å². The van der Waals surface area contributed by atoms with Crippen LogP contribution in [0.3, 0.4) is 0 Å². The predicted molar refractivity (Wildman–Crippen MR) is 114 cm³/mol. The predicted octanol–water partition coefficient (Wildman–Crippen LogP) is 1.85. The second-order valence-electron chi connectivity index (χ2n) is 6.65. The molecule has 0 fully saturated rings. The first-order valence-electron chi connectivity index (χ1n) is 8.88. The van der Waals surface area contributed by atoms with Gasteiger partial charge >= 0.3 is 0 Å². The van der Waals surface area contributed by atoms with Gasteiger partial charge < -0.3 is 19.7 Å². The highest BCUT2D eigenvalue weighted by Gasteiger charge is 2.22. The molecule has 1 amide bonds. The monoisotopic (exact) mass is 421 g/mol. The Labute approximate surface area is 172 Å². The van der Waals surface area contributed by atoms with Crippen molar-refractivity contribution in [3.8, 4) is 11.5 Å². The number of nitrogens with zero attached hydrogens (tertiary/aromatic N) is 2. The zero-order valence-electron chi connectivity index (χ0n) is 17.3. The van der Waals surface area contributed by atoms with Crippen LogP contribution in [0.25, 0.3) is 0 Å². The van der Waals surface area contributed by atoms with Crippen LogP contribution in [0.5, 0.6) is 11.5 Å². The summed E-state index contributed by atoms with van der Waals surface area (Å²) in [5, 5.41) is 2.76. The number of anilines is 2. The van der Waals surface area contributed by atoms with Gasteiger partial charge in [0.1, 0.15) is 6.54 Å². The molecule has 2 aromatic rings. The molecule has 0 saturated heterocycles. The minimum atomic E-state index is -3.69. The van der Waals surface area contributed by atoms with Gasteiger partial charge in [-0.25, -0.2) is 8.42 Å². The van der Waals surface area contributed by atoms with Crippen molar-refractivity contribution in [1.82, 2.24) is 5.32 Å². The normalized spacial score (nSPS) is 10.9. The van der Waals surface area contributed by atoms with Crippen molar-refractivity contribution >= 4 is 27.3 Å². The lowest BCUT2D eigenvalue weighted by Crippen LogP contribution is -2.40. The number of benzene rings is 2. The number of methoxy groups -OCH3 is 2. The third kappa shape index (κ3) is 6.02. The van der Waals surface area contributed by atoms with Crippen LogP contribution in [-0.4, -0.2) is 55.4 Å². The minimum absolute atomic E-state index is 0.302. The largest absolute Gasteiger partial charge is 0.493 e. The summed E-state index contributed by atoms with van der Waals surface area (Å²) in [6, 6.07) is 12.4. The number of amides is 1. The van der Waals surface area contributed by atoms with Gasteiger partial charge in [0.05, 0.1) is 26.2 Å². The maximum Gasteiger partial charge on any atom is 0.241 e. The van der Waals surface area contributed by atoms with Crippen molar-refractivity contribution in [3.63, 3.8) is 0 Å². The summed E-state index contributed by atoms with van der Waals surface area (Å²) in [6.45, 7) is -0.0415. The molecule has 1 N–H and O–H groups in total. The number of ether oxygens (including phenoxy) is 2. The third-order valence-electron chi connectivity index (χ3n) is 4.29. The Hall–Kier alpha value is -2.94. The molecule has 29 heavy (non-hydrogen) atoms. The molecule has 0 unspecified atom stereocenters. The van der Waals surface area contributed by atoms with Crippen molar-refractivity contribution in [1.29, 1.82) is 0 Å². The molecule has 0 aliphatic rings. The lowest BCUT2D eigenvalue weighted by molar-refractivity contribution is -0.119. The molecule has 2 rings (SSSR count). The molecule has 0 heterocycles. The zero-order valence-corrected chi connectivity index (χ0v) is 18.1. The first-order valence-corrected chi connectivity index (χ1v) is 10.7. The maximum absolute atomic E-state index is 12.4. The smallest absolute Gasteiger partial charge is 0.241 e. The molecule has 9 heteroatoms. The number of rotatable bonds is 9. The molecule has 0 aliphatic carbocycles. The van der Waals surface area contributed by atoms with E-state index in [1.807, 2.05) is 43.3 Å². The van der Waals surface area contributed by atoms with Crippen molar-refractivity contribution in [2.75, 3.05) is 50.3 Å². The van der Waals surface area contributed by atoms with Crippen LogP contribution in [-0.2, 0) is 21.4 Å². The highest BCUT2D eigenvalue weighted by molar-refractivity contribution is 7.92. The average molecular weight is 422 g/mol. The van der Waals surface area contributed by atoms with Crippen LogP contribution in [0.1, 0.15) is 5.56 Å². The van der Waals surface area contributed by atoms with Gasteiger partial charge in [0.25, 0.3) is 0 Å². The van der Waals surface area contributed by atoms with Crippen LogP contribution in [0.2, 0.25) is 0 Å². The van der Waals surface area contributed by atoms with E-state index in [-0.39, 0.29) is 6.54 Å². The number of hydrogen-bond acceptors (Lipinski definition) is 6. The van der Waals surface area contributed by atoms with E-state index in [2.05, 4.69) is 5.32 Å². The molecule has 2 aromatic carbocycles. The van der Waals surface area contributed by atoms with Crippen molar-refractivity contribution in [2.45, 2.75) is 6.54 Å². The van der Waals surface area contributed by atoms with Crippen LogP contribution in [0, 0.1) is 0 Å². The fourth-order valence-corrected chi connectivity index (χ4v) is 3.53. The molecule has 0 saturated carbocycles. The van der Waals surface area contributed by atoms with Crippen molar-refractivity contribution < 1.29 is 22.7 Å². The van der Waals surface area contributed by atoms with E-state index in [1.165, 1.54) is 20.3 Å². The van der Waals surface area contributed by atoms with Crippen molar-refractivity contribution in [2.24, 2.45) is 0 Å². The van der Waals surface area contributed by atoms with E-state index in [9.17, 15) is 13.2 Å². The molecule has 158 valence electrons. The molecule has 0 aliphatic heterocycles. The summed E-state index contributed by atoms with van der Waals surface area (Å²) < 4.78 is 36.0. The summed E-state index contributed by atoms with van der Waals surface area (Å²) in [7, 11) is 3.16. The molecule has 0 aromatic heterocycles. The Balaban J connectivity index is 2.11.